The van der Waals surface area contributed by atoms with Crippen LogP contribution in [-0.2, 0) is 42.9 Å². The Balaban J connectivity index is 2.16. The van der Waals surface area contributed by atoms with E-state index in [0.29, 0.717) is 0 Å². The summed E-state index contributed by atoms with van der Waals surface area (Å²) in [5.74, 6) is -2.87. The number of nitrogens with zero attached hydrogens (tertiary/aromatic N) is 4. The van der Waals surface area contributed by atoms with E-state index in [1.54, 1.807) is 0 Å². The molecule has 0 spiro atoms. The lowest BCUT2D eigenvalue weighted by atomic mass is 9.97. The first kappa shape index (κ1) is 25.6. The summed E-state index contributed by atoms with van der Waals surface area (Å²) in [6.45, 7) is 4.19. The van der Waals surface area contributed by atoms with Crippen LogP contribution in [0.25, 0.3) is 11.2 Å². The van der Waals surface area contributed by atoms with Crippen LogP contribution >= 0.6 is 23.2 Å². The fourth-order valence-corrected chi connectivity index (χ4v) is 3.89. The summed E-state index contributed by atoms with van der Waals surface area (Å²) < 4.78 is 28.6. The zero-order valence-corrected chi connectivity index (χ0v) is 19.9. The molecule has 0 bridgehead atoms. The Morgan fingerprint density at radius 1 is 0.912 bits per heavy atom. The number of fused-ring (bicyclic) bond motifs is 1. The van der Waals surface area contributed by atoms with Crippen molar-refractivity contribution < 1.29 is 42.9 Å². The summed E-state index contributed by atoms with van der Waals surface area (Å²) in [6.07, 6.45) is -5.09. The molecule has 2 aromatic rings. The van der Waals surface area contributed by atoms with E-state index in [9.17, 15) is 19.2 Å². The van der Waals surface area contributed by atoms with Gasteiger partial charge in [-0.05, 0) is 11.6 Å². The fourth-order valence-electron chi connectivity index (χ4n) is 3.47. The first-order chi connectivity index (χ1) is 16.0. The Kier molecular flexibility index (Phi) is 7.89. The molecule has 34 heavy (non-hydrogen) atoms. The minimum absolute atomic E-state index is 0.0422. The summed E-state index contributed by atoms with van der Waals surface area (Å²) in [5.41, 5.74) is 0.282. The van der Waals surface area contributed by atoms with E-state index in [1.165, 1.54) is 17.8 Å². The first-order valence-corrected chi connectivity index (χ1v) is 10.6. The van der Waals surface area contributed by atoms with Crippen molar-refractivity contribution in [3.05, 3.63) is 16.8 Å². The maximum absolute atomic E-state index is 12.0. The van der Waals surface area contributed by atoms with Crippen LogP contribution in [0, 0.1) is 0 Å². The van der Waals surface area contributed by atoms with Crippen molar-refractivity contribution >= 4 is 58.2 Å². The predicted molar refractivity (Wildman–Crippen MR) is 113 cm³/mol. The van der Waals surface area contributed by atoms with Crippen molar-refractivity contribution in [2.45, 2.75) is 58.3 Å². The number of imidazole rings is 1. The van der Waals surface area contributed by atoms with Crippen molar-refractivity contribution in [3.63, 3.8) is 0 Å². The molecule has 5 atom stereocenters. The van der Waals surface area contributed by atoms with Crippen LogP contribution in [0.5, 0.6) is 0 Å². The van der Waals surface area contributed by atoms with Crippen molar-refractivity contribution in [3.8, 4) is 0 Å². The van der Waals surface area contributed by atoms with E-state index in [1.807, 2.05) is 0 Å². The molecule has 1 aliphatic heterocycles. The second-order valence-corrected chi connectivity index (χ2v) is 7.89. The van der Waals surface area contributed by atoms with Gasteiger partial charge in [0.25, 0.3) is 0 Å². The molecule has 3 rings (SSSR count). The number of esters is 4. The smallest absolute Gasteiger partial charge is 0.303 e. The lowest BCUT2D eigenvalue weighted by Gasteiger charge is -2.44. The van der Waals surface area contributed by atoms with Crippen molar-refractivity contribution in [1.82, 2.24) is 19.5 Å². The maximum Gasteiger partial charge on any atom is 0.303 e. The van der Waals surface area contributed by atoms with Crippen molar-refractivity contribution in [2.75, 3.05) is 6.61 Å². The Labute approximate surface area is 202 Å². The number of carbonyl (C=O) groups excluding carboxylic acids is 4. The van der Waals surface area contributed by atoms with Crippen LogP contribution in [0.2, 0.25) is 10.4 Å². The summed E-state index contributed by atoms with van der Waals surface area (Å²) in [4.78, 5) is 59.3. The van der Waals surface area contributed by atoms with Crippen LogP contribution in [0.15, 0.2) is 6.33 Å². The number of ether oxygens (including phenoxy) is 5. The van der Waals surface area contributed by atoms with E-state index in [2.05, 4.69) is 15.0 Å². The Hall–Kier alpha value is -3.03. The van der Waals surface area contributed by atoms with Crippen LogP contribution in [0.3, 0.4) is 0 Å². The second-order valence-electron chi connectivity index (χ2n) is 7.20. The average Bonchev–Trinajstić information content (AvgIpc) is 3.12. The highest BCUT2D eigenvalue weighted by molar-refractivity contribution is 6.35. The van der Waals surface area contributed by atoms with E-state index in [4.69, 9.17) is 46.9 Å². The normalized spacial score (nSPS) is 24.4. The van der Waals surface area contributed by atoms with Gasteiger partial charge < -0.3 is 23.7 Å². The summed E-state index contributed by atoms with van der Waals surface area (Å²) in [7, 11) is 0. The minimum Gasteiger partial charge on any atom is -0.463 e. The number of halogens is 2. The van der Waals surface area contributed by atoms with Gasteiger partial charge in [-0.2, -0.15) is 4.98 Å². The summed E-state index contributed by atoms with van der Waals surface area (Å²) >= 11 is 12.1. The third-order valence-corrected chi connectivity index (χ3v) is 5.02. The molecule has 3 unspecified atom stereocenters. The average molecular weight is 519 g/mol. The quantitative estimate of drug-likeness (QED) is 0.234. The molecule has 1 aliphatic rings. The zero-order valence-electron chi connectivity index (χ0n) is 18.4. The molecule has 0 aliphatic carbocycles. The highest BCUT2D eigenvalue weighted by Gasteiger charge is 2.53. The molecule has 0 saturated carbocycles. The van der Waals surface area contributed by atoms with E-state index in [0.717, 1.165) is 20.8 Å². The molecular weight excluding hydrogens is 499 g/mol. The van der Waals surface area contributed by atoms with Gasteiger partial charge in [0.1, 0.15) is 18.2 Å². The van der Waals surface area contributed by atoms with E-state index >= 15 is 0 Å². The topological polar surface area (TPSA) is 158 Å². The van der Waals surface area contributed by atoms with Crippen LogP contribution < -0.4 is 0 Å². The van der Waals surface area contributed by atoms with Crippen LogP contribution in [-0.4, -0.2) is 74.4 Å². The fraction of sp³-hybridized carbons (Fsp3) is 0.526. The standard InChI is InChI=1S/C19H20Cl2N4O9/c1-7(26)30-5-11-13(31-8(2)27)14(32-9(3)28)15(33-10(4)29)18(34-11)25-6-22-12-16(20)23-19(21)24-17(12)25/h6,11,13-15,18H,5H2,1-4H3/t11?,13?,14-,15+,18?/m0/s1. The highest BCUT2D eigenvalue weighted by Crippen LogP contribution is 2.36. The van der Waals surface area contributed by atoms with E-state index < -0.39 is 54.5 Å². The molecule has 1 fully saturated rings. The first-order valence-electron chi connectivity index (χ1n) is 9.84. The second kappa shape index (κ2) is 10.5. The Morgan fingerprint density at radius 3 is 2.09 bits per heavy atom. The predicted octanol–water partition coefficient (Wildman–Crippen LogP) is 1.39. The molecule has 0 N–H and O–H groups in total. The maximum atomic E-state index is 12.0. The molecule has 2 aromatic heterocycles. The molecule has 184 valence electrons. The van der Waals surface area contributed by atoms with Crippen LogP contribution in [0.4, 0.5) is 0 Å². The molecule has 13 nitrogen and oxygen atoms in total. The lowest BCUT2D eigenvalue weighted by Crippen LogP contribution is -2.60. The van der Waals surface area contributed by atoms with Gasteiger partial charge in [-0.1, -0.05) is 11.6 Å². The zero-order chi connectivity index (χ0) is 25.2. The van der Waals surface area contributed by atoms with Crippen LogP contribution in [0.1, 0.15) is 33.9 Å². The SMILES string of the molecule is CC(=O)OCC1OC(n2cnc3c(Cl)nc(Cl)nc32)[C@H](OC(C)=O)[C@@H](OC(C)=O)C1OC(C)=O. The van der Waals surface area contributed by atoms with E-state index in [-0.39, 0.29) is 28.2 Å². The molecule has 15 heteroatoms. The lowest BCUT2D eigenvalue weighted by molar-refractivity contribution is -0.267. The van der Waals surface area contributed by atoms with Gasteiger partial charge in [-0.25, -0.2) is 9.97 Å². The Bertz CT molecular complexity index is 1120. The number of aromatic nitrogens is 4. The third kappa shape index (κ3) is 5.72. The highest BCUT2D eigenvalue weighted by atomic mass is 35.5. The van der Waals surface area contributed by atoms with Gasteiger partial charge in [0.15, 0.2) is 35.3 Å². The molecule has 3 heterocycles. The van der Waals surface area contributed by atoms with Gasteiger partial charge in [0.05, 0.1) is 6.33 Å². The summed E-state index contributed by atoms with van der Waals surface area (Å²) in [5, 5.41) is -0.232. The monoisotopic (exact) mass is 518 g/mol. The van der Waals surface area contributed by atoms with Gasteiger partial charge in [-0.15, -0.1) is 0 Å². The van der Waals surface area contributed by atoms with Crippen molar-refractivity contribution in [1.29, 1.82) is 0 Å². The molecule has 0 amide bonds. The number of hydrogen-bond acceptors (Lipinski definition) is 12. The molecule has 0 radical (unpaired) electrons. The minimum atomic E-state index is -1.35. The number of hydrogen-bond donors (Lipinski definition) is 0. The largest absolute Gasteiger partial charge is 0.463 e. The Morgan fingerprint density at radius 2 is 1.50 bits per heavy atom. The van der Waals surface area contributed by atoms with Gasteiger partial charge in [0.2, 0.25) is 5.28 Å². The van der Waals surface area contributed by atoms with Gasteiger partial charge >= 0.3 is 23.9 Å². The molecule has 0 aromatic carbocycles. The summed E-state index contributed by atoms with van der Waals surface area (Å²) in [6, 6.07) is 0. The van der Waals surface area contributed by atoms with Crippen molar-refractivity contribution in [2.24, 2.45) is 0 Å². The molecular formula is C19H20Cl2N4O9. The van der Waals surface area contributed by atoms with Gasteiger partial charge in [0, 0.05) is 27.7 Å². The number of carbonyl (C=O) groups is 4. The third-order valence-electron chi connectivity index (χ3n) is 4.59. The number of rotatable bonds is 6. The molecule has 1 saturated heterocycles. The van der Waals surface area contributed by atoms with Gasteiger partial charge in [-0.3, -0.25) is 23.7 Å².